The van der Waals surface area contributed by atoms with Crippen molar-refractivity contribution in [2.45, 2.75) is 13.3 Å². The van der Waals surface area contributed by atoms with Crippen molar-refractivity contribution in [1.82, 2.24) is 9.97 Å². The zero-order valence-electron chi connectivity index (χ0n) is 11.6. The van der Waals surface area contributed by atoms with Gasteiger partial charge in [-0.25, -0.2) is 9.97 Å². The van der Waals surface area contributed by atoms with Gasteiger partial charge in [0.1, 0.15) is 5.01 Å². The molecule has 1 aromatic carbocycles. The number of carbonyl (C=O) groups is 1. The number of rotatable bonds is 4. The summed E-state index contributed by atoms with van der Waals surface area (Å²) in [5.74, 6) is -0.249. The van der Waals surface area contributed by atoms with E-state index in [-0.39, 0.29) is 12.4 Å². The van der Waals surface area contributed by atoms with Crippen LogP contribution in [0.4, 0.5) is 0 Å². The van der Waals surface area contributed by atoms with Crippen molar-refractivity contribution < 1.29 is 9.53 Å². The monoisotopic (exact) mass is 298 g/mol. The number of para-hydroxylation sites is 1. The molecule has 0 saturated heterocycles. The van der Waals surface area contributed by atoms with Crippen LogP contribution in [0.1, 0.15) is 12.6 Å². The van der Waals surface area contributed by atoms with E-state index in [4.69, 9.17) is 4.74 Å². The van der Waals surface area contributed by atoms with Gasteiger partial charge in [0.05, 0.1) is 29.9 Å². The van der Waals surface area contributed by atoms with E-state index in [9.17, 15) is 4.79 Å². The van der Waals surface area contributed by atoms with Crippen molar-refractivity contribution in [3.05, 3.63) is 47.5 Å². The highest BCUT2D eigenvalue weighted by Crippen LogP contribution is 2.24. The van der Waals surface area contributed by atoms with Crippen LogP contribution in [0.2, 0.25) is 0 Å². The fourth-order valence-electron chi connectivity index (χ4n) is 2.05. The van der Waals surface area contributed by atoms with Crippen LogP contribution in [0.15, 0.2) is 41.8 Å². The maximum absolute atomic E-state index is 11.5. The molecule has 106 valence electrons. The number of thiazole rings is 1. The predicted molar refractivity (Wildman–Crippen MR) is 83.2 cm³/mol. The van der Waals surface area contributed by atoms with E-state index >= 15 is 0 Å². The highest BCUT2D eigenvalue weighted by atomic mass is 32.1. The smallest absolute Gasteiger partial charge is 0.311 e. The topological polar surface area (TPSA) is 52.1 Å². The second-order valence-corrected chi connectivity index (χ2v) is 5.37. The number of benzene rings is 1. The van der Waals surface area contributed by atoms with E-state index in [1.54, 1.807) is 6.92 Å². The number of esters is 1. The predicted octanol–water partition coefficient (Wildman–Crippen LogP) is 3.46. The molecule has 0 aliphatic heterocycles. The molecule has 0 amide bonds. The van der Waals surface area contributed by atoms with Gasteiger partial charge in [-0.05, 0) is 19.1 Å². The number of fused-ring (bicyclic) bond motifs is 1. The fraction of sp³-hybridized carbons (Fsp3) is 0.188. The second kappa shape index (κ2) is 6.01. The quantitative estimate of drug-likeness (QED) is 0.692. The molecule has 3 aromatic rings. The van der Waals surface area contributed by atoms with Gasteiger partial charge in [-0.2, -0.15) is 0 Å². The lowest BCUT2D eigenvalue weighted by atomic mass is 10.2. The van der Waals surface area contributed by atoms with Crippen LogP contribution in [-0.4, -0.2) is 22.5 Å². The zero-order valence-corrected chi connectivity index (χ0v) is 12.4. The highest BCUT2D eigenvalue weighted by Gasteiger charge is 2.10. The van der Waals surface area contributed by atoms with Gasteiger partial charge >= 0.3 is 5.97 Å². The first-order valence-electron chi connectivity index (χ1n) is 6.72. The maximum Gasteiger partial charge on any atom is 0.311 e. The Kier molecular flexibility index (Phi) is 3.92. The summed E-state index contributed by atoms with van der Waals surface area (Å²) < 4.78 is 4.93. The van der Waals surface area contributed by atoms with Crippen molar-refractivity contribution in [1.29, 1.82) is 0 Å². The molecule has 0 N–H and O–H groups in total. The molecule has 21 heavy (non-hydrogen) atoms. The van der Waals surface area contributed by atoms with Crippen LogP contribution in [0.3, 0.4) is 0 Å². The minimum absolute atomic E-state index is 0.206. The zero-order chi connectivity index (χ0) is 14.7. The number of pyridine rings is 1. The standard InChI is InChI=1S/C16H14N2O2S/c1-2-20-15(19)9-12-10-21-16(17-12)14-8-7-11-5-3-4-6-13(11)18-14/h3-8,10H,2,9H2,1H3. The van der Waals surface area contributed by atoms with Crippen LogP contribution in [-0.2, 0) is 16.0 Å². The summed E-state index contributed by atoms with van der Waals surface area (Å²) in [5.41, 5.74) is 2.49. The number of nitrogens with zero attached hydrogens (tertiary/aromatic N) is 2. The SMILES string of the molecule is CCOC(=O)Cc1csc(-c2ccc3ccccc3n2)n1. The Labute approximate surface area is 126 Å². The number of hydrogen-bond donors (Lipinski definition) is 0. The minimum Gasteiger partial charge on any atom is -0.466 e. The highest BCUT2D eigenvalue weighted by molar-refractivity contribution is 7.13. The Morgan fingerprint density at radius 2 is 2.05 bits per heavy atom. The van der Waals surface area contributed by atoms with Crippen LogP contribution >= 0.6 is 11.3 Å². The number of hydrogen-bond acceptors (Lipinski definition) is 5. The molecule has 0 radical (unpaired) electrons. The Morgan fingerprint density at radius 1 is 1.19 bits per heavy atom. The molecule has 3 rings (SSSR count). The van der Waals surface area contributed by atoms with E-state index < -0.39 is 0 Å². The maximum atomic E-state index is 11.5. The summed E-state index contributed by atoms with van der Waals surface area (Å²) in [5, 5.41) is 3.80. The molecule has 0 saturated carbocycles. The molecule has 0 atom stereocenters. The summed E-state index contributed by atoms with van der Waals surface area (Å²) in [6.07, 6.45) is 0.206. The molecule has 0 aliphatic carbocycles. The molecular weight excluding hydrogens is 284 g/mol. The van der Waals surface area contributed by atoms with Gasteiger partial charge < -0.3 is 4.74 Å². The molecule has 4 nitrogen and oxygen atoms in total. The summed E-state index contributed by atoms with van der Waals surface area (Å²) in [6.45, 7) is 2.19. The van der Waals surface area contributed by atoms with Crippen molar-refractivity contribution >= 4 is 28.2 Å². The van der Waals surface area contributed by atoms with Crippen molar-refractivity contribution in [3.63, 3.8) is 0 Å². The molecule has 5 heteroatoms. The number of carbonyl (C=O) groups excluding carboxylic acids is 1. The van der Waals surface area contributed by atoms with Gasteiger partial charge in [-0.1, -0.05) is 24.3 Å². The van der Waals surface area contributed by atoms with Gasteiger partial charge in [0.25, 0.3) is 0 Å². The third-order valence-electron chi connectivity index (χ3n) is 3.00. The van der Waals surface area contributed by atoms with E-state index in [1.807, 2.05) is 41.8 Å². The first kappa shape index (κ1) is 13.7. The van der Waals surface area contributed by atoms with E-state index in [1.165, 1.54) is 11.3 Å². The molecule has 0 spiro atoms. The summed E-state index contributed by atoms with van der Waals surface area (Å²) >= 11 is 1.49. The molecule has 0 aliphatic rings. The molecule has 0 unspecified atom stereocenters. The Balaban J connectivity index is 1.85. The Morgan fingerprint density at radius 3 is 2.90 bits per heavy atom. The largest absolute Gasteiger partial charge is 0.466 e. The average Bonchev–Trinajstić information content (AvgIpc) is 2.95. The number of aromatic nitrogens is 2. The third-order valence-corrected chi connectivity index (χ3v) is 3.91. The summed E-state index contributed by atoms with van der Waals surface area (Å²) in [7, 11) is 0. The molecule has 0 fully saturated rings. The van der Waals surface area contributed by atoms with Gasteiger partial charge in [-0.3, -0.25) is 4.79 Å². The molecule has 2 aromatic heterocycles. The summed E-state index contributed by atoms with van der Waals surface area (Å²) in [4.78, 5) is 20.5. The van der Waals surface area contributed by atoms with Crippen molar-refractivity contribution in [3.8, 4) is 10.7 Å². The molecule has 2 heterocycles. The van der Waals surface area contributed by atoms with Crippen molar-refractivity contribution in [2.24, 2.45) is 0 Å². The Bertz CT molecular complexity index is 783. The Hall–Kier alpha value is -2.27. The lowest BCUT2D eigenvalue weighted by Crippen LogP contribution is -2.07. The molecule has 0 bridgehead atoms. The first-order valence-corrected chi connectivity index (χ1v) is 7.60. The summed E-state index contributed by atoms with van der Waals surface area (Å²) in [6, 6.07) is 11.9. The number of ether oxygens (including phenoxy) is 1. The fourth-order valence-corrected chi connectivity index (χ4v) is 2.84. The van der Waals surface area contributed by atoms with Gasteiger partial charge in [0.2, 0.25) is 0 Å². The lowest BCUT2D eigenvalue weighted by Gasteiger charge is -2.00. The van der Waals surface area contributed by atoms with Gasteiger partial charge in [0, 0.05) is 10.8 Å². The third kappa shape index (κ3) is 3.08. The lowest BCUT2D eigenvalue weighted by molar-refractivity contribution is -0.142. The molecular formula is C16H14N2O2S. The van der Waals surface area contributed by atoms with E-state index in [0.29, 0.717) is 6.61 Å². The normalized spacial score (nSPS) is 10.7. The average molecular weight is 298 g/mol. The van der Waals surface area contributed by atoms with E-state index in [0.717, 1.165) is 27.3 Å². The van der Waals surface area contributed by atoms with Crippen LogP contribution in [0.5, 0.6) is 0 Å². The second-order valence-electron chi connectivity index (χ2n) is 4.51. The van der Waals surface area contributed by atoms with Crippen LogP contribution in [0, 0.1) is 0 Å². The van der Waals surface area contributed by atoms with Crippen molar-refractivity contribution in [2.75, 3.05) is 6.61 Å². The first-order chi connectivity index (χ1) is 10.3. The van der Waals surface area contributed by atoms with Gasteiger partial charge in [0.15, 0.2) is 0 Å². The van der Waals surface area contributed by atoms with Crippen LogP contribution < -0.4 is 0 Å². The van der Waals surface area contributed by atoms with E-state index in [2.05, 4.69) is 9.97 Å². The van der Waals surface area contributed by atoms with Crippen LogP contribution in [0.25, 0.3) is 21.6 Å². The van der Waals surface area contributed by atoms with Gasteiger partial charge in [-0.15, -0.1) is 11.3 Å². The minimum atomic E-state index is -0.249.